The van der Waals surface area contributed by atoms with Crippen LogP contribution in [0, 0.1) is 5.92 Å². The van der Waals surface area contributed by atoms with E-state index in [1.807, 2.05) is 26.0 Å². The van der Waals surface area contributed by atoms with Crippen LogP contribution in [0.3, 0.4) is 0 Å². The summed E-state index contributed by atoms with van der Waals surface area (Å²) < 4.78 is 5.15. The molecule has 0 atom stereocenters. The molecule has 0 aliphatic rings. The summed E-state index contributed by atoms with van der Waals surface area (Å²) in [5.74, 6) is 0.773. The number of rotatable bonds is 5. The molecule has 1 aromatic rings. The zero-order chi connectivity index (χ0) is 12.8. The van der Waals surface area contributed by atoms with Crippen molar-refractivity contribution in [1.29, 1.82) is 0 Å². The van der Waals surface area contributed by atoms with E-state index >= 15 is 0 Å². The van der Waals surface area contributed by atoms with Gasteiger partial charge in [-0.2, -0.15) is 0 Å². The van der Waals surface area contributed by atoms with E-state index in [0.29, 0.717) is 24.9 Å². The highest BCUT2D eigenvalue weighted by Crippen LogP contribution is 2.15. The highest BCUT2D eigenvalue weighted by atomic mass is 16.5. The molecule has 0 spiro atoms. The number of esters is 1. The predicted molar refractivity (Wildman–Crippen MR) is 70.0 cm³/mol. The first-order chi connectivity index (χ1) is 7.99. The van der Waals surface area contributed by atoms with E-state index in [9.17, 15) is 4.79 Å². The van der Waals surface area contributed by atoms with Crippen LogP contribution in [0.25, 0.3) is 0 Å². The van der Waals surface area contributed by atoms with E-state index < -0.39 is 0 Å². The Kier molecular flexibility index (Phi) is 5.20. The Bertz CT molecular complexity index is 350. The summed E-state index contributed by atoms with van der Waals surface area (Å²) in [7, 11) is 0. The minimum absolute atomic E-state index is 0.143. The summed E-state index contributed by atoms with van der Waals surface area (Å²) in [6.07, 6.45) is 0.366. The van der Waals surface area contributed by atoms with Crippen molar-refractivity contribution in [2.24, 2.45) is 5.92 Å². The van der Waals surface area contributed by atoms with Gasteiger partial charge in [-0.1, -0.05) is 52.0 Å². The topological polar surface area (TPSA) is 26.3 Å². The lowest BCUT2D eigenvalue weighted by Crippen LogP contribution is -2.12. The maximum Gasteiger partial charge on any atom is 0.310 e. The van der Waals surface area contributed by atoms with Gasteiger partial charge in [0.15, 0.2) is 0 Å². The molecule has 0 aliphatic heterocycles. The fourth-order valence-electron chi connectivity index (χ4n) is 1.50. The molecule has 0 aromatic heterocycles. The molecule has 0 radical (unpaired) electrons. The molecule has 0 bridgehead atoms. The first-order valence-corrected chi connectivity index (χ1v) is 6.23. The second kappa shape index (κ2) is 6.43. The molecule has 0 saturated carbocycles. The Morgan fingerprint density at radius 1 is 1.12 bits per heavy atom. The van der Waals surface area contributed by atoms with Crippen molar-refractivity contribution in [3.63, 3.8) is 0 Å². The van der Waals surface area contributed by atoms with Crippen LogP contribution in [0.1, 0.15) is 44.7 Å². The molecule has 17 heavy (non-hydrogen) atoms. The zero-order valence-electron chi connectivity index (χ0n) is 11.2. The molecular weight excluding hydrogens is 212 g/mol. The van der Waals surface area contributed by atoms with Crippen molar-refractivity contribution in [2.45, 2.75) is 40.0 Å². The Labute approximate surface area is 104 Å². The van der Waals surface area contributed by atoms with E-state index in [2.05, 4.69) is 26.0 Å². The van der Waals surface area contributed by atoms with Gasteiger partial charge in [0, 0.05) is 0 Å². The molecule has 0 unspecified atom stereocenters. The highest BCUT2D eigenvalue weighted by Gasteiger charge is 2.06. The van der Waals surface area contributed by atoms with Gasteiger partial charge >= 0.3 is 5.97 Å². The third kappa shape index (κ3) is 5.03. The van der Waals surface area contributed by atoms with Gasteiger partial charge in [0.05, 0.1) is 13.0 Å². The van der Waals surface area contributed by atoms with Gasteiger partial charge in [-0.3, -0.25) is 4.79 Å². The SMILES string of the molecule is CC(C)COC(=O)Cc1ccc(C(C)C)cc1. The van der Waals surface area contributed by atoms with E-state index in [1.165, 1.54) is 5.56 Å². The summed E-state index contributed by atoms with van der Waals surface area (Å²) in [6.45, 7) is 8.89. The number of hydrogen-bond acceptors (Lipinski definition) is 2. The van der Waals surface area contributed by atoms with Gasteiger partial charge < -0.3 is 4.74 Å². The van der Waals surface area contributed by atoms with Crippen LogP contribution in [0.4, 0.5) is 0 Å². The van der Waals surface area contributed by atoms with Crippen LogP contribution in [-0.2, 0) is 16.0 Å². The highest BCUT2D eigenvalue weighted by molar-refractivity contribution is 5.72. The number of carbonyl (C=O) groups excluding carboxylic acids is 1. The van der Waals surface area contributed by atoms with Crippen LogP contribution in [0.5, 0.6) is 0 Å². The second-order valence-corrected chi connectivity index (χ2v) is 5.15. The number of hydrogen-bond donors (Lipinski definition) is 0. The summed E-state index contributed by atoms with van der Waals surface area (Å²) in [6, 6.07) is 8.17. The minimum atomic E-state index is -0.143. The van der Waals surface area contributed by atoms with Crippen LogP contribution >= 0.6 is 0 Å². The maximum atomic E-state index is 11.5. The average Bonchev–Trinajstić information content (AvgIpc) is 2.27. The minimum Gasteiger partial charge on any atom is -0.465 e. The van der Waals surface area contributed by atoms with E-state index in [-0.39, 0.29) is 5.97 Å². The molecular formula is C15H22O2. The summed E-state index contributed by atoms with van der Waals surface area (Å²) in [5.41, 5.74) is 2.31. The number of ether oxygens (including phenoxy) is 1. The van der Waals surface area contributed by atoms with E-state index in [4.69, 9.17) is 4.74 Å². The third-order valence-corrected chi connectivity index (χ3v) is 2.57. The lowest BCUT2D eigenvalue weighted by atomic mass is 10.0. The number of benzene rings is 1. The maximum absolute atomic E-state index is 11.5. The van der Waals surface area contributed by atoms with Crippen LogP contribution in [0.2, 0.25) is 0 Å². The summed E-state index contributed by atoms with van der Waals surface area (Å²) in [4.78, 5) is 11.5. The zero-order valence-corrected chi connectivity index (χ0v) is 11.2. The summed E-state index contributed by atoms with van der Waals surface area (Å²) >= 11 is 0. The van der Waals surface area contributed by atoms with E-state index in [0.717, 1.165) is 5.56 Å². The molecule has 1 rings (SSSR count). The van der Waals surface area contributed by atoms with E-state index in [1.54, 1.807) is 0 Å². The van der Waals surface area contributed by atoms with Gasteiger partial charge in [-0.25, -0.2) is 0 Å². The third-order valence-electron chi connectivity index (χ3n) is 2.57. The van der Waals surface area contributed by atoms with Crippen molar-refractivity contribution in [1.82, 2.24) is 0 Å². The van der Waals surface area contributed by atoms with Crippen LogP contribution in [0.15, 0.2) is 24.3 Å². The summed E-state index contributed by atoms with van der Waals surface area (Å²) in [5, 5.41) is 0. The molecule has 2 heteroatoms. The van der Waals surface area contributed by atoms with Crippen LogP contribution < -0.4 is 0 Å². The lowest BCUT2D eigenvalue weighted by Gasteiger charge is -2.08. The van der Waals surface area contributed by atoms with Crippen molar-refractivity contribution in [3.05, 3.63) is 35.4 Å². The second-order valence-electron chi connectivity index (χ2n) is 5.15. The predicted octanol–water partition coefficient (Wildman–Crippen LogP) is 3.55. The molecule has 1 aromatic carbocycles. The number of carbonyl (C=O) groups is 1. The Balaban J connectivity index is 2.48. The molecule has 0 amide bonds. The average molecular weight is 234 g/mol. The Morgan fingerprint density at radius 2 is 1.71 bits per heavy atom. The van der Waals surface area contributed by atoms with Gasteiger partial charge in [-0.15, -0.1) is 0 Å². The van der Waals surface area contributed by atoms with Gasteiger partial charge in [0.1, 0.15) is 0 Å². The van der Waals surface area contributed by atoms with Gasteiger partial charge in [-0.05, 0) is 23.0 Å². The standard InChI is InChI=1S/C15H22O2/c1-11(2)10-17-15(16)9-13-5-7-14(8-6-13)12(3)4/h5-8,11-12H,9-10H2,1-4H3. The Hall–Kier alpha value is -1.31. The first kappa shape index (κ1) is 13.8. The normalized spacial score (nSPS) is 10.9. The molecule has 0 aliphatic carbocycles. The quantitative estimate of drug-likeness (QED) is 0.728. The fourth-order valence-corrected chi connectivity index (χ4v) is 1.50. The first-order valence-electron chi connectivity index (χ1n) is 6.23. The van der Waals surface area contributed by atoms with Crippen molar-refractivity contribution >= 4 is 5.97 Å². The van der Waals surface area contributed by atoms with Crippen molar-refractivity contribution in [2.75, 3.05) is 6.61 Å². The van der Waals surface area contributed by atoms with Crippen molar-refractivity contribution in [3.8, 4) is 0 Å². The van der Waals surface area contributed by atoms with Crippen molar-refractivity contribution < 1.29 is 9.53 Å². The monoisotopic (exact) mass is 234 g/mol. The Morgan fingerprint density at radius 3 is 2.18 bits per heavy atom. The molecule has 0 saturated heterocycles. The molecule has 0 heterocycles. The van der Waals surface area contributed by atoms with Gasteiger partial charge in [0.2, 0.25) is 0 Å². The van der Waals surface area contributed by atoms with Crippen LogP contribution in [-0.4, -0.2) is 12.6 Å². The largest absolute Gasteiger partial charge is 0.465 e. The molecule has 94 valence electrons. The lowest BCUT2D eigenvalue weighted by molar-refractivity contribution is -0.143. The smallest absolute Gasteiger partial charge is 0.310 e. The molecule has 0 N–H and O–H groups in total. The molecule has 0 fully saturated rings. The van der Waals surface area contributed by atoms with Gasteiger partial charge in [0.25, 0.3) is 0 Å². The molecule has 2 nitrogen and oxygen atoms in total. The fraction of sp³-hybridized carbons (Fsp3) is 0.533.